The summed E-state index contributed by atoms with van der Waals surface area (Å²) in [5.41, 5.74) is 1.32. The molecule has 1 aliphatic carbocycles. The lowest BCUT2D eigenvalue weighted by Gasteiger charge is -2.37. The van der Waals surface area contributed by atoms with Gasteiger partial charge >= 0.3 is 0 Å². The number of fused-ring (bicyclic) bond motifs is 1. The molecule has 2 heterocycles. The van der Waals surface area contributed by atoms with Gasteiger partial charge in [-0.2, -0.15) is 0 Å². The maximum absolute atomic E-state index is 14.4. The van der Waals surface area contributed by atoms with E-state index in [1.807, 2.05) is 23.2 Å². The molecule has 2 aliphatic rings. The minimum atomic E-state index is -0.597. The highest BCUT2D eigenvalue weighted by Crippen LogP contribution is 2.33. The molecular formula is C18H19F2N3O. The predicted octanol–water partition coefficient (Wildman–Crippen LogP) is 2.45. The van der Waals surface area contributed by atoms with Gasteiger partial charge in [-0.1, -0.05) is 6.07 Å². The Morgan fingerprint density at radius 3 is 2.79 bits per heavy atom. The summed E-state index contributed by atoms with van der Waals surface area (Å²) in [5, 5.41) is 2.97. The highest BCUT2D eigenvalue weighted by atomic mass is 19.1. The maximum Gasteiger partial charge on any atom is 0.234 e. The zero-order chi connectivity index (χ0) is 16.7. The van der Waals surface area contributed by atoms with Gasteiger partial charge in [-0.15, -0.1) is 0 Å². The SMILES string of the molecule is O=C(CN1CCn2cccc2C1c1ccc(F)cc1F)NC1CC1. The quantitative estimate of drug-likeness (QED) is 0.934. The van der Waals surface area contributed by atoms with E-state index in [1.54, 1.807) is 0 Å². The summed E-state index contributed by atoms with van der Waals surface area (Å²) >= 11 is 0. The fraction of sp³-hybridized carbons (Fsp3) is 0.389. The molecule has 1 aliphatic heterocycles. The van der Waals surface area contributed by atoms with Crippen LogP contribution in [0.25, 0.3) is 0 Å². The number of benzene rings is 1. The third kappa shape index (κ3) is 2.94. The summed E-state index contributed by atoms with van der Waals surface area (Å²) in [6.45, 7) is 1.60. The van der Waals surface area contributed by atoms with E-state index in [-0.39, 0.29) is 18.5 Å². The molecule has 2 aromatic rings. The minimum Gasteiger partial charge on any atom is -0.352 e. The molecular weight excluding hydrogens is 312 g/mol. The lowest BCUT2D eigenvalue weighted by Crippen LogP contribution is -2.45. The molecule has 0 radical (unpaired) electrons. The van der Waals surface area contributed by atoms with Gasteiger partial charge in [0.05, 0.1) is 12.6 Å². The van der Waals surface area contributed by atoms with Gasteiger partial charge in [0.25, 0.3) is 0 Å². The first-order valence-corrected chi connectivity index (χ1v) is 8.25. The van der Waals surface area contributed by atoms with Crippen LogP contribution >= 0.6 is 0 Å². The monoisotopic (exact) mass is 331 g/mol. The zero-order valence-electron chi connectivity index (χ0n) is 13.2. The summed E-state index contributed by atoms with van der Waals surface area (Å²) in [4.78, 5) is 14.2. The lowest BCUT2D eigenvalue weighted by atomic mass is 9.99. The highest BCUT2D eigenvalue weighted by Gasteiger charge is 2.33. The van der Waals surface area contributed by atoms with Crippen LogP contribution in [0.2, 0.25) is 0 Å². The van der Waals surface area contributed by atoms with Crippen molar-refractivity contribution < 1.29 is 13.6 Å². The van der Waals surface area contributed by atoms with E-state index in [1.165, 1.54) is 12.1 Å². The van der Waals surface area contributed by atoms with Crippen molar-refractivity contribution in [3.8, 4) is 0 Å². The van der Waals surface area contributed by atoms with Gasteiger partial charge < -0.3 is 9.88 Å². The van der Waals surface area contributed by atoms with E-state index < -0.39 is 11.6 Å². The predicted molar refractivity (Wildman–Crippen MR) is 85.4 cm³/mol. The fourth-order valence-corrected chi connectivity index (χ4v) is 3.37. The van der Waals surface area contributed by atoms with E-state index in [4.69, 9.17) is 0 Å². The van der Waals surface area contributed by atoms with Gasteiger partial charge in [-0.3, -0.25) is 9.69 Å². The number of nitrogens with zero attached hydrogens (tertiary/aromatic N) is 2. The maximum atomic E-state index is 14.4. The summed E-state index contributed by atoms with van der Waals surface area (Å²) in [5.74, 6) is -1.22. The minimum absolute atomic E-state index is 0.0370. The second kappa shape index (κ2) is 6.02. The van der Waals surface area contributed by atoms with Crippen LogP contribution in [0.5, 0.6) is 0 Å². The molecule has 1 aromatic heterocycles. The van der Waals surface area contributed by atoms with Crippen LogP contribution in [-0.2, 0) is 11.3 Å². The Balaban J connectivity index is 1.65. The molecule has 4 nitrogen and oxygen atoms in total. The zero-order valence-corrected chi connectivity index (χ0v) is 13.2. The average Bonchev–Trinajstić information content (AvgIpc) is 3.21. The van der Waals surface area contributed by atoms with Gasteiger partial charge in [-0.05, 0) is 31.0 Å². The molecule has 1 atom stereocenters. The summed E-state index contributed by atoms with van der Waals surface area (Å²) in [7, 11) is 0. The Hall–Kier alpha value is -2.21. The number of hydrogen-bond donors (Lipinski definition) is 1. The van der Waals surface area contributed by atoms with Crippen molar-refractivity contribution in [3.05, 3.63) is 59.4 Å². The van der Waals surface area contributed by atoms with Crippen molar-refractivity contribution in [2.24, 2.45) is 0 Å². The van der Waals surface area contributed by atoms with E-state index in [9.17, 15) is 13.6 Å². The van der Waals surface area contributed by atoms with Crippen LogP contribution in [0.4, 0.5) is 8.78 Å². The van der Waals surface area contributed by atoms with Gasteiger partial charge in [0.1, 0.15) is 11.6 Å². The molecule has 0 spiro atoms. The van der Waals surface area contributed by atoms with Crippen molar-refractivity contribution in [3.63, 3.8) is 0 Å². The van der Waals surface area contributed by atoms with Crippen LogP contribution < -0.4 is 5.32 Å². The van der Waals surface area contributed by atoms with Gasteiger partial charge in [0.15, 0.2) is 0 Å². The van der Waals surface area contributed by atoms with Gasteiger partial charge in [-0.25, -0.2) is 8.78 Å². The van der Waals surface area contributed by atoms with E-state index in [0.717, 1.165) is 31.1 Å². The Morgan fingerprint density at radius 1 is 1.21 bits per heavy atom. The number of nitrogens with one attached hydrogen (secondary N) is 1. The van der Waals surface area contributed by atoms with Crippen LogP contribution in [0.3, 0.4) is 0 Å². The lowest BCUT2D eigenvalue weighted by molar-refractivity contribution is -0.123. The molecule has 1 saturated carbocycles. The van der Waals surface area contributed by atoms with Crippen LogP contribution in [0.15, 0.2) is 36.5 Å². The second-order valence-corrected chi connectivity index (χ2v) is 6.51. The molecule has 6 heteroatoms. The number of halogens is 2. The number of hydrogen-bond acceptors (Lipinski definition) is 2. The molecule has 1 N–H and O–H groups in total. The van der Waals surface area contributed by atoms with E-state index in [2.05, 4.69) is 9.88 Å². The molecule has 1 unspecified atom stereocenters. The number of carbonyl (C=O) groups excluding carboxylic acids is 1. The molecule has 126 valence electrons. The first-order chi connectivity index (χ1) is 11.6. The standard InChI is InChI=1S/C18H19F2N3O/c19-12-3-6-14(15(20)10-12)18-16-2-1-7-22(16)8-9-23(18)11-17(24)21-13-4-5-13/h1-3,6-7,10,13,18H,4-5,8-9,11H2,(H,21,24). The van der Waals surface area contributed by atoms with Crippen molar-refractivity contribution in [2.75, 3.05) is 13.1 Å². The van der Waals surface area contributed by atoms with Crippen molar-refractivity contribution in [1.29, 1.82) is 0 Å². The number of amides is 1. The first-order valence-electron chi connectivity index (χ1n) is 8.25. The Labute approximate surface area is 139 Å². The topological polar surface area (TPSA) is 37.3 Å². The van der Waals surface area contributed by atoms with Crippen molar-refractivity contribution in [1.82, 2.24) is 14.8 Å². The number of rotatable bonds is 4. The Kier molecular flexibility index (Phi) is 3.84. The van der Waals surface area contributed by atoms with Crippen molar-refractivity contribution in [2.45, 2.75) is 31.5 Å². The smallest absolute Gasteiger partial charge is 0.234 e. The third-order valence-electron chi connectivity index (χ3n) is 4.68. The Bertz CT molecular complexity index is 769. The summed E-state index contributed by atoms with van der Waals surface area (Å²) in [6.07, 6.45) is 4.01. The van der Waals surface area contributed by atoms with E-state index in [0.29, 0.717) is 18.2 Å². The fourth-order valence-electron chi connectivity index (χ4n) is 3.37. The van der Waals surface area contributed by atoms with Crippen LogP contribution in [0, 0.1) is 11.6 Å². The molecule has 0 bridgehead atoms. The molecule has 1 aromatic carbocycles. The van der Waals surface area contributed by atoms with Gasteiger partial charge in [0, 0.05) is 42.7 Å². The number of carbonyl (C=O) groups is 1. The Morgan fingerprint density at radius 2 is 2.04 bits per heavy atom. The van der Waals surface area contributed by atoms with Crippen LogP contribution in [0.1, 0.15) is 30.1 Å². The third-order valence-corrected chi connectivity index (χ3v) is 4.68. The molecule has 24 heavy (non-hydrogen) atoms. The molecule has 1 amide bonds. The van der Waals surface area contributed by atoms with Crippen molar-refractivity contribution >= 4 is 5.91 Å². The molecule has 4 rings (SSSR count). The summed E-state index contributed by atoms with van der Waals surface area (Å²) in [6, 6.07) is 7.40. The first kappa shape index (κ1) is 15.3. The average molecular weight is 331 g/mol. The normalized spacial score (nSPS) is 20.7. The van der Waals surface area contributed by atoms with E-state index >= 15 is 0 Å². The highest BCUT2D eigenvalue weighted by molar-refractivity contribution is 5.78. The summed E-state index contributed by atoms with van der Waals surface area (Å²) < 4.78 is 29.7. The van der Waals surface area contributed by atoms with Gasteiger partial charge in [0.2, 0.25) is 5.91 Å². The molecule has 0 saturated heterocycles. The number of aromatic nitrogens is 1. The largest absolute Gasteiger partial charge is 0.352 e. The second-order valence-electron chi connectivity index (χ2n) is 6.51. The molecule has 1 fully saturated rings. The van der Waals surface area contributed by atoms with Crippen LogP contribution in [-0.4, -0.2) is 34.5 Å².